The number of hydrogen-bond donors (Lipinski definition) is 0. The van der Waals surface area contributed by atoms with Crippen LogP contribution in [0.15, 0.2) is 59.7 Å². The van der Waals surface area contributed by atoms with Crippen LogP contribution in [0.2, 0.25) is 0 Å². The molecule has 5 aromatic rings. The Morgan fingerprint density at radius 1 is 1.00 bits per heavy atom. The number of hydrogen-bond acceptors (Lipinski definition) is 5. The fourth-order valence-corrected chi connectivity index (χ4v) is 4.07. The van der Waals surface area contributed by atoms with Crippen molar-refractivity contribution in [2.45, 2.75) is 39.3 Å². The van der Waals surface area contributed by atoms with Gasteiger partial charge in [-0.25, -0.2) is 15.0 Å². The molecule has 0 fully saturated rings. The number of rotatable bonds is 6. The molecule has 0 saturated carbocycles. The van der Waals surface area contributed by atoms with Gasteiger partial charge in [0.1, 0.15) is 23.0 Å². The molecule has 0 aliphatic rings. The van der Waals surface area contributed by atoms with E-state index < -0.39 is 0 Å². The summed E-state index contributed by atoms with van der Waals surface area (Å²) in [5.74, 6) is 0.829. The van der Waals surface area contributed by atoms with Crippen LogP contribution < -0.4 is 10.3 Å². The molecule has 7 heteroatoms. The zero-order chi connectivity index (χ0) is 22.2. The quantitative estimate of drug-likeness (QED) is 0.398. The SMILES string of the molecule is CC[C@H](C)n1cnc2c(c1=O)c1nc3ccccc3nc1n2CCc1ccc(OC)cc1. The van der Waals surface area contributed by atoms with Crippen molar-refractivity contribution in [3.8, 4) is 5.75 Å². The van der Waals surface area contributed by atoms with Crippen LogP contribution in [0.1, 0.15) is 31.9 Å². The van der Waals surface area contributed by atoms with Gasteiger partial charge in [0.05, 0.1) is 18.1 Å². The standard InChI is InChI=1S/C25H25N5O2/c1-4-16(2)30-15-26-23-21(25(30)31)22-24(28-20-8-6-5-7-19(20)27-22)29(23)14-13-17-9-11-18(32-3)12-10-17/h5-12,15-16H,4,13-14H2,1-3H3/t16-/m0/s1. The Balaban J connectivity index is 1.71. The molecule has 2 aromatic carbocycles. The number of nitrogens with zero attached hydrogens (tertiary/aromatic N) is 5. The van der Waals surface area contributed by atoms with E-state index in [4.69, 9.17) is 19.7 Å². The molecule has 162 valence electrons. The molecular formula is C25H25N5O2. The van der Waals surface area contributed by atoms with Crippen LogP contribution >= 0.6 is 0 Å². The highest BCUT2D eigenvalue weighted by atomic mass is 16.5. The molecule has 0 radical (unpaired) electrons. The summed E-state index contributed by atoms with van der Waals surface area (Å²) in [5, 5.41) is 0.538. The highest BCUT2D eigenvalue weighted by molar-refractivity contribution is 6.04. The van der Waals surface area contributed by atoms with Crippen molar-refractivity contribution in [3.63, 3.8) is 0 Å². The van der Waals surface area contributed by atoms with E-state index in [9.17, 15) is 4.79 Å². The van der Waals surface area contributed by atoms with Crippen LogP contribution in [-0.2, 0) is 13.0 Å². The third-order valence-electron chi connectivity index (χ3n) is 6.13. The van der Waals surface area contributed by atoms with Crippen molar-refractivity contribution in [1.29, 1.82) is 0 Å². The van der Waals surface area contributed by atoms with E-state index in [-0.39, 0.29) is 11.6 Å². The molecule has 0 bridgehead atoms. The van der Waals surface area contributed by atoms with Gasteiger partial charge in [0.2, 0.25) is 0 Å². The number of aryl methyl sites for hydroxylation is 2. The van der Waals surface area contributed by atoms with E-state index >= 15 is 0 Å². The van der Waals surface area contributed by atoms with E-state index in [1.165, 1.54) is 5.56 Å². The Bertz CT molecular complexity index is 1480. The Labute approximate surface area is 185 Å². The Morgan fingerprint density at radius 2 is 1.72 bits per heavy atom. The zero-order valence-corrected chi connectivity index (χ0v) is 18.4. The maximum Gasteiger partial charge on any atom is 0.265 e. The summed E-state index contributed by atoms with van der Waals surface area (Å²) in [5.41, 5.74) is 4.61. The largest absolute Gasteiger partial charge is 0.497 e. The summed E-state index contributed by atoms with van der Waals surface area (Å²) in [6.45, 7) is 4.73. The number of benzene rings is 2. The third kappa shape index (κ3) is 3.30. The van der Waals surface area contributed by atoms with Crippen molar-refractivity contribution >= 4 is 33.2 Å². The van der Waals surface area contributed by atoms with Crippen molar-refractivity contribution in [1.82, 2.24) is 24.1 Å². The minimum atomic E-state index is -0.0675. The maximum atomic E-state index is 13.5. The monoisotopic (exact) mass is 427 g/mol. The zero-order valence-electron chi connectivity index (χ0n) is 18.4. The van der Waals surface area contributed by atoms with Gasteiger partial charge in [0.15, 0.2) is 11.3 Å². The van der Waals surface area contributed by atoms with E-state index in [0.29, 0.717) is 28.7 Å². The number of aromatic nitrogens is 5. The van der Waals surface area contributed by atoms with Gasteiger partial charge in [0, 0.05) is 12.6 Å². The first-order valence-corrected chi connectivity index (χ1v) is 10.9. The van der Waals surface area contributed by atoms with Gasteiger partial charge in [-0.05, 0) is 49.6 Å². The second kappa shape index (κ2) is 8.07. The molecule has 32 heavy (non-hydrogen) atoms. The number of ether oxygens (including phenoxy) is 1. The van der Waals surface area contributed by atoms with Gasteiger partial charge >= 0.3 is 0 Å². The molecule has 3 aromatic heterocycles. The summed E-state index contributed by atoms with van der Waals surface area (Å²) in [7, 11) is 1.66. The minimum Gasteiger partial charge on any atom is -0.497 e. The molecule has 0 unspecified atom stereocenters. The van der Waals surface area contributed by atoms with Gasteiger partial charge < -0.3 is 9.30 Å². The smallest absolute Gasteiger partial charge is 0.265 e. The Hall–Kier alpha value is -3.74. The van der Waals surface area contributed by atoms with Gasteiger partial charge in [-0.15, -0.1) is 0 Å². The second-order valence-corrected chi connectivity index (χ2v) is 8.05. The molecular weight excluding hydrogens is 402 g/mol. The molecule has 0 aliphatic carbocycles. The Morgan fingerprint density at radius 3 is 2.41 bits per heavy atom. The Kier molecular flexibility index (Phi) is 5.09. The van der Waals surface area contributed by atoms with Gasteiger partial charge in [-0.3, -0.25) is 9.36 Å². The topological polar surface area (TPSA) is 74.8 Å². The van der Waals surface area contributed by atoms with Crippen LogP contribution in [-0.4, -0.2) is 31.2 Å². The first-order valence-electron chi connectivity index (χ1n) is 10.9. The van der Waals surface area contributed by atoms with Gasteiger partial charge in [-0.2, -0.15) is 0 Å². The summed E-state index contributed by atoms with van der Waals surface area (Å²) in [6, 6.07) is 15.8. The van der Waals surface area contributed by atoms with Gasteiger partial charge in [0.25, 0.3) is 5.56 Å². The fourth-order valence-electron chi connectivity index (χ4n) is 4.07. The van der Waals surface area contributed by atoms with Crippen LogP contribution in [0.25, 0.3) is 33.2 Å². The number of para-hydroxylation sites is 2. The lowest BCUT2D eigenvalue weighted by molar-refractivity contribution is 0.414. The lowest BCUT2D eigenvalue weighted by Gasteiger charge is -2.12. The molecule has 0 amide bonds. The lowest BCUT2D eigenvalue weighted by atomic mass is 10.1. The molecule has 1 atom stereocenters. The number of methoxy groups -OCH3 is 1. The summed E-state index contributed by atoms with van der Waals surface area (Å²) in [6.07, 6.45) is 3.27. The molecule has 0 aliphatic heterocycles. The van der Waals surface area contributed by atoms with E-state index in [2.05, 4.69) is 19.1 Å². The molecule has 0 N–H and O–H groups in total. The fraction of sp³-hybridized carbons (Fsp3) is 0.280. The normalized spacial score (nSPS) is 12.6. The molecule has 0 spiro atoms. The van der Waals surface area contributed by atoms with Crippen LogP contribution in [0.5, 0.6) is 5.75 Å². The maximum absolute atomic E-state index is 13.5. The third-order valence-corrected chi connectivity index (χ3v) is 6.13. The summed E-state index contributed by atoms with van der Waals surface area (Å²) < 4.78 is 8.98. The van der Waals surface area contributed by atoms with E-state index in [1.807, 2.05) is 47.9 Å². The van der Waals surface area contributed by atoms with Crippen LogP contribution in [0, 0.1) is 0 Å². The lowest BCUT2D eigenvalue weighted by Crippen LogP contribution is -2.23. The van der Waals surface area contributed by atoms with Crippen molar-refractivity contribution < 1.29 is 4.74 Å². The average molecular weight is 428 g/mol. The summed E-state index contributed by atoms with van der Waals surface area (Å²) >= 11 is 0. The van der Waals surface area contributed by atoms with Crippen LogP contribution in [0.4, 0.5) is 0 Å². The highest BCUT2D eigenvalue weighted by Crippen LogP contribution is 2.26. The van der Waals surface area contributed by atoms with Crippen molar-refractivity contribution in [3.05, 3.63) is 70.8 Å². The van der Waals surface area contributed by atoms with E-state index in [0.717, 1.165) is 29.6 Å². The first-order chi connectivity index (χ1) is 15.6. The van der Waals surface area contributed by atoms with E-state index in [1.54, 1.807) is 18.0 Å². The number of fused-ring (bicyclic) bond motifs is 4. The molecule has 0 saturated heterocycles. The molecule has 3 heterocycles. The predicted molar refractivity (Wildman–Crippen MR) is 126 cm³/mol. The predicted octanol–water partition coefficient (Wildman–Crippen LogP) is 4.52. The average Bonchev–Trinajstić information content (AvgIpc) is 3.14. The minimum absolute atomic E-state index is 0.0607. The van der Waals surface area contributed by atoms with Gasteiger partial charge in [-0.1, -0.05) is 31.2 Å². The summed E-state index contributed by atoms with van der Waals surface area (Å²) in [4.78, 5) is 27.9. The first kappa shape index (κ1) is 20.2. The molecule has 7 nitrogen and oxygen atoms in total. The van der Waals surface area contributed by atoms with Crippen molar-refractivity contribution in [2.75, 3.05) is 7.11 Å². The van der Waals surface area contributed by atoms with Crippen LogP contribution in [0.3, 0.4) is 0 Å². The molecule has 5 rings (SSSR count). The highest BCUT2D eigenvalue weighted by Gasteiger charge is 2.20. The van der Waals surface area contributed by atoms with Crippen molar-refractivity contribution in [2.24, 2.45) is 0 Å². The second-order valence-electron chi connectivity index (χ2n) is 8.05.